The fourth-order valence-electron chi connectivity index (χ4n) is 2.05. The van der Waals surface area contributed by atoms with Crippen LogP contribution in [-0.4, -0.2) is 55.4 Å². The van der Waals surface area contributed by atoms with Gasteiger partial charge in [0.1, 0.15) is 6.54 Å². The molecule has 1 heterocycles. The number of carbonyl (C=O) groups excluding carboxylic acids is 1. The summed E-state index contributed by atoms with van der Waals surface area (Å²) >= 11 is 0. The smallest absolute Gasteiger partial charge is 0.375 e. The van der Waals surface area contributed by atoms with E-state index in [-0.39, 0.29) is 11.5 Å². The minimum atomic E-state index is -4.38. The molecule has 7 heteroatoms. The lowest BCUT2D eigenvalue weighted by Gasteiger charge is -2.41. The van der Waals surface area contributed by atoms with Crippen molar-refractivity contribution in [2.75, 3.05) is 26.2 Å². The summed E-state index contributed by atoms with van der Waals surface area (Å²) in [5, 5.41) is 1.93. The maximum absolute atomic E-state index is 12.1. The molecule has 2 atom stereocenters. The van der Waals surface area contributed by atoms with E-state index in [1.54, 1.807) is 6.92 Å². The molecule has 1 saturated heterocycles. The van der Waals surface area contributed by atoms with Gasteiger partial charge in [-0.25, -0.2) is 0 Å². The van der Waals surface area contributed by atoms with E-state index in [2.05, 4.69) is 0 Å². The van der Waals surface area contributed by atoms with Crippen LogP contribution < -0.4 is 5.32 Å². The van der Waals surface area contributed by atoms with Crippen molar-refractivity contribution in [1.29, 1.82) is 0 Å². The van der Waals surface area contributed by atoms with E-state index in [1.807, 2.05) is 31.0 Å². The molecule has 4 nitrogen and oxygen atoms in total. The average Bonchev–Trinajstić information content (AvgIpc) is 2.33. The SMILES string of the molecule is C[C@H](C(=O)NCC(F)(F)F)N1CCO[C@@H](C(C)(C)C)C1. The van der Waals surface area contributed by atoms with Crippen molar-refractivity contribution in [1.82, 2.24) is 10.2 Å². The van der Waals surface area contributed by atoms with Crippen LogP contribution in [-0.2, 0) is 9.53 Å². The van der Waals surface area contributed by atoms with Crippen LogP contribution in [0.5, 0.6) is 0 Å². The van der Waals surface area contributed by atoms with Gasteiger partial charge in [0, 0.05) is 13.1 Å². The Morgan fingerprint density at radius 3 is 2.50 bits per heavy atom. The number of carbonyl (C=O) groups is 1. The summed E-state index contributed by atoms with van der Waals surface area (Å²) in [6.07, 6.45) is -4.41. The van der Waals surface area contributed by atoms with Gasteiger partial charge in [0.05, 0.1) is 18.8 Å². The third kappa shape index (κ3) is 5.28. The van der Waals surface area contributed by atoms with E-state index >= 15 is 0 Å². The van der Waals surface area contributed by atoms with Crippen molar-refractivity contribution in [2.24, 2.45) is 5.41 Å². The molecule has 0 aromatic carbocycles. The molecule has 1 N–H and O–H groups in total. The zero-order chi connectivity index (χ0) is 15.6. The van der Waals surface area contributed by atoms with Gasteiger partial charge < -0.3 is 10.1 Å². The van der Waals surface area contributed by atoms with Crippen molar-refractivity contribution in [3.8, 4) is 0 Å². The van der Waals surface area contributed by atoms with Crippen molar-refractivity contribution < 1.29 is 22.7 Å². The Bertz CT molecular complexity index is 339. The predicted octanol–water partition coefficient (Wildman–Crippen LogP) is 1.80. The number of morpholine rings is 1. The zero-order valence-electron chi connectivity index (χ0n) is 12.4. The van der Waals surface area contributed by atoms with Crippen LogP contribution in [0.1, 0.15) is 27.7 Å². The van der Waals surface area contributed by atoms with Gasteiger partial charge in [-0.1, -0.05) is 20.8 Å². The molecule has 0 radical (unpaired) electrons. The molecule has 0 aromatic heterocycles. The van der Waals surface area contributed by atoms with E-state index < -0.39 is 24.7 Å². The highest BCUT2D eigenvalue weighted by atomic mass is 19.4. The maximum Gasteiger partial charge on any atom is 0.405 e. The average molecular weight is 296 g/mol. The number of hydrogen-bond donors (Lipinski definition) is 1. The topological polar surface area (TPSA) is 41.6 Å². The molecule has 0 saturated carbocycles. The summed E-state index contributed by atoms with van der Waals surface area (Å²) in [7, 11) is 0. The van der Waals surface area contributed by atoms with Gasteiger partial charge in [-0.05, 0) is 12.3 Å². The number of rotatable bonds is 3. The highest BCUT2D eigenvalue weighted by Crippen LogP contribution is 2.26. The minimum Gasteiger partial charge on any atom is -0.375 e. The number of alkyl halides is 3. The monoisotopic (exact) mass is 296 g/mol. The first-order valence-corrected chi connectivity index (χ1v) is 6.71. The first-order valence-electron chi connectivity index (χ1n) is 6.71. The largest absolute Gasteiger partial charge is 0.405 e. The van der Waals surface area contributed by atoms with E-state index in [0.717, 1.165) is 0 Å². The van der Waals surface area contributed by atoms with E-state index in [4.69, 9.17) is 4.74 Å². The number of nitrogens with one attached hydrogen (secondary N) is 1. The second-order valence-corrected chi connectivity index (χ2v) is 6.23. The molecule has 1 rings (SSSR count). The molecule has 0 aromatic rings. The molecule has 0 unspecified atom stereocenters. The van der Waals surface area contributed by atoms with Gasteiger partial charge in [-0.2, -0.15) is 13.2 Å². The Balaban J connectivity index is 2.54. The van der Waals surface area contributed by atoms with Crippen LogP contribution in [0.3, 0.4) is 0 Å². The predicted molar refractivity (Wildman–Crippen MR) is 69.3 cm³/mol. The second-order valence-electron chi connectivity index (χ2n) is 6.23. The van der Waals surface area contributed by atoms with Crippen LogP contribution >= 0.6 is 0 Å². The highest BCUT2D eigenvalue weighted by Gasteiger charge is 2.35. The summed E-state index contributed by atoms with van der Waals surface area (Å²) in [4.78, 5) is 13.6. The van der Waals surface area contributed by atoms with E-state index in [9.17, 15) is 18.0 Å². The van der Waals surface area contributed by atoms with Gasteiger partial charge in [0.15, 0.2) is 0 Å². The Hall–Kier alpha value is -0.820. The first kappa shape index (κ1) is 17.2. The molecule has 1 aliphatic heterocycles. The maximum atomic E-state index is 12.1. The Kier molecular flexibility index (Phi) is 5.43. The lowest BCUT2D eigenvalue weighted by Crippen LogP contribution is -2.55. The van der Waals surface area contributed by atoms with Crippen LogP contribution in [0.25, 0.3) is 0 Å². The number of hydrogen-bond acceptors (Lipinski definition) is 3. The molecule has 118 valence electrons. The second kappa shape index (κ2) is 6.30. The van der Waals surface area contributed by atoms with Gasteiger partial charge in [0.25, 0.3) is 0 Å². The fraction of sp³-hybridized carbons (Fsp3) is 0.923. The van der Waals surface area contributed by atoms with Crippen molar-refractivity contribution in [3.63, 3.8) is 0 Å². The third-order valence-corrected chi connectivity index (χ3v) is 3.45. The zero-order valence-corrected chi connectivity index (χ0v) is 12.4. The molecule has 0 bridgehead atoms. The molecule has 0 aliphatic carbocycles. The molecular formula is C13H23F3N2O2. The molecule has 1 fully saturated rings. The van der Waals surface area contributed by atoms with Crippen LogP contribution in [0.15, 0.2) is 0 Å². The fourth-order valence-corrected chi connectivity index (χ4v) is 2.05. The van der Waals surface area contributed by atoms with Gasteiger partial charge in [0.2, 0.25) is 5.91 Å². The molecule has 0 spiro atoms. The van der Waals surface area contributed by atoms with Crippen LogP contribution in [0.2, 0.25) is 0 Å². The van der Waals surface area contributed by atoms with Gasteiger partial charge in [-0.3, -0.25) is 9.69 Å². The lowest BCUT2D eigenvalue weighted by atomic mass is 9.88. The number of nitrogens with zero attached hydrogens (tertiary/aromatic N) is 1. The molecule has 1 amide bonds. The summed E-state index contributed by atoms with van der Waals surface area (Å²) in [6, 6.07) is -0.592. The summed E-state index contributed by atoms with van der Waals surface area (Å²) < 4.78 is 41.9. The normalized spacial score (nSPS) is 23.4. The molecule has 20 heavy (non-hydrogen) atoms. The molecule has 1 aliphatic rings. The molecular weight excluding hydrogens is 273 g/mol. The summed E-state index contributed by atoms with van der Waals surface area (Å²) in [5.74, 6) is -0.600. The van der Waals surface area contributed by atoms with Crippen LogP contribution in [0, 0.1) is 5.41 Å². The standard InChI is InChI=1S/C13H23F3N2O2/c1-9(11(19)17-8-13(14,15)16)18-5-6-20-10(7-18)12(2,3)4/h9-10H,5-8H2,1-4H3,(H,17,19)/t9-,10-/m1/s1. The van der Waals surface area contributed by atoms with Gasteiger partial charge in [-0.15, -0.1) is 0 Å². The first-order chi connectivity index (χ1) is 9.00. The number of halogens is 3. The van der Waals surface area contributed by atoms with E-state index in [1.165, 1.54) is 0 Å². The van der Waals surface area contributed by atoms with Crippen LogP contribution in [0.4, 0.5) is 13.2 Å². The Morgan fingerprint density at radius 2 is 2.00 bits per heavy atom. The van der Waals surface area contributed by atoms with Crippen molar-refractivity contribution >= 4 is 5.91 Å². The number of amides is 1. The minimum absolute atomic E-state index is 0.0332. The van der Waals surface area contributed by atoms with E-state index in [0.29, 0.717) is 19.7 Å². The quantitative estimate of drug-likeness (QED) is 0.863. The summed E-state index contributed by atoms with van der Waals surface area (Å²) in [6.45, 7) is 8.02. The van der Waals surface area contributed by atoms with Crippen molar-refractivity contribution in [2.45, 2.75) is 46.0 Å². The Morgan fingerprint density at radius 1 is 1.40 bits per heavy atom. The third-order valence-electron chi connectivity index (χ3n) is 3.45. The highest BCUT2D eigenvalue weighted by molar-refractivity contribution is 5.81. The van der Waals surface area contributed by atoms with Gasteiger partial charge >= 0.3 is 6.18 Å². The lowest BCUT2D eigenvalue weighted by molar-refractivity contribution is -0.144. The Labute approximate surface area is 117 Å². The van der Waals surface area contributed by atoms with Crippen molar-refractivity contribution in [3.05, 3.63) is 0 Å². The number of ether oxygens (including phenoxy) is 1. The summed E-state index contributed by atoms with van der Waals surface area (Å²) in [5.41, 5.74) is -0.0686.